The van der Waals surface area contributed by atoms with Gasteiger partial charge in [-0.3, -0.25) is 4.90 Å². The van der Waals surface area contributed by atoms with Crippen molar-refractivity contribution >= 4 is 17.2 Å². The molecule has 0 unspecified atom stereocenters. The van der Waals surface area contributed by atoms with Crippen molar-refractivity contribution in [1.29, 1.82) is 0 Å². The van der Waals surface area contributed by atoms with Crippen molar-refractivity contribution < 1.29 is 4.74 Å². The van der Waals surface area contributed by atoms with Crippen molar-refractivity contribution in [2.75, 3.05) is 19.7 Å². The molecule has 3 nitrogen and oxygen atoms in total. The largest absolute Gasteiger partial charge is 0.389 e. The van der Waals surface area contributed by atoms with Gasteiger partial charge in [0.05, 0.1) is 12.2 Å². The summed E-state index contributed by atoms with van der Waals surface area (Å²) in [5, 5.41) is 0. The molecule has 1 aliphatic heterocycles. The summed E-state index contributed by atoms with van der Waals surface area (Å²) in [5.74, 6) is 0. The van der Waals surface area contributed by atoms with E-state index in [0.29, 0.717) is 4.99 Å². The van der Waals surface area contributed by atoms with Crippen LogP contribution in [0.15, 0.2) is 24.3 Å². The molecule has 0 amide bonds. The summed E-state index contributed by atoms with van der Waals surface area (Å²) in [7, 11) is 0. The van der Waals surface area contributed by atoms with Crippen LogP contribution in [0.25, 0.3) is 0 Å². The molecule has 0 aliphatic carbocycles. The molecule has 0 radical (unpaired) electrons. The van der Waals surface area contributed by atoms with Crippen molar-refractivity contribution in [2.24, 2.45) is 5.73 Å². The summed E-state index contributed by atoms with van der Waals surface area (Å²) in [6.45, 7) is 7.97. The predicted octanol–water partition coefficient (Wildman–Crippen LogP) is 1.93. The molecule has 0 aromatic heterocycles. The number of hydrogen-bond donors (Lipinski definition) is 1. The maximum Gasteiger partial charge on any atom is 0.103 e. The lowest BCUT2D eigenvalue weighted by Gasteiger charge is -2.38. The van der Waals surface area contributed by atoms with Gasteiger partial charge in [-0.05, 0) is 19.4 Å². The normalized spacial score (nSPS) is 19.7. The second-order valence-electron chi connectivity index (χ2n) is 5.38. The van der Waals surface area contributed by atoms with E-state index in [1.54, 1.807) is 0 Å². The molecule has 2 rings (SSSR count). The molecule has 0 bridgehead atoms. The minimum atomic E-state index is -0.0446. The van der Waals surface area contributed by atoms with Gasteiger partial charge in [-0.2, -0.15) is 0 Å². The Morgan fingerprint density at radius 1 is 1.39 bits per heavy atom. The average molecular weight is 264 g/mol. The number of nitrogens with two attached hydrogens (primary N) is 1. The first-order valence-electron chi connectivity index (χ1n) is 6.21. The second-order valence-corrected chi connectivity index (χ2v) is 5.82. The third-order valence-corrected chi connectivity index (χ3v) is 3.39. The molecule has 1 aromatic carbocycles. The molecule has 1 heterocycles. The Morgan fingerprint density at radius 3 is 2.61 bits per heavy atom. The number of hydrogen-bond acceptors (Lipinski definition) is 3. The third-order valence-electron chi connectivity index (χ3n) is 3.15. The summed E-state index contributed by atoms with van der Waals surface area (Å²) in [5.41, 5.74) is 7.76. The maximum atomic E-state index is 5.71. The number of thiocarbonyl (C=S) groups is 1. The van der Waals surface area contributed by atoms with Crippen molar-refractivity contribution in [3.63, 3.8) is 0 Å². The molecule has 98 valence electrons. The number of benzene rings is 1. The van der Waals surface area contributed by atoms with E-state index >= 15 is 0 Å². The van der Waals surface area contributed by atoms with Gasteiger partial charge in [-0.1, -0.05) is 36.5 Å². The van der Waals surface area contributed by atoms with Gasteiger partial charge < -0.3 is 10.5 Å². The Balaban J connectivity index is 1.99. The standard InChI is InChI=1S/C14H20N2OS/c1-14(2)10-16(7-8-17-14)9-11-3-5-12(6-4-11)13(15)18/h3-6H,7-10H2,1-2H3,(H2,15,18). The van der Waals surface area contributed by atoms with E-state index in [4.69, 9.17) is 22.7 Å². The molecule has 2 N–H and O–H groups in total. The summed E-state index contributed by atoms with van der Waals surface area (Å²) in [6.07, 6.45) is 0. The van der Waals surface area contributed by atoms with Crippen LogP contribution < -0.4 is 5.73 Å². The zero-order valence-electron chi connectivity index (χ0n) is 11.0. The van der Waals surface area contributed by atoms with Gasteiger partial charge in [0.1, 0.15) is 4.99 Å². The minimum Gasteiger partial charge on any atom is -0.389 e. The van der Waals surface area contributed by atoms with E-state index in [-0.39, 0.29) is 5.60 Å². The summed E-state index contributed by atoms with van der Waals surface area (Å²) in [4.78, 5) is 2.87. The SMILES string of the molecule is CC1(C)CN(Cc2ccc(C(N)=S)cc2)CCO1. The van der Waals surface area contributed by atoms with E-state index < -0.39 is 0 Å². The van der Waals surface area contributed by atoms with E-state index in [0.717, 1.165) is 31.8 Å². The molecule has 1 aliphatic rings. The van der Waals surface area contributed by atoms with Crippen LogP contribution in [0.4, 0.5) is 0 Å². The number of rotatable bonds is 3. The fourth-order valence-corrected chi connectivity index (χ4v) is 2.42. The van der Waals surface area contributed by atoms with Crippen LogP contribution in [0.5, 0.6) is 0 Å². The number of morpholine rings is 1. The van der Waals surface area contributed by atoms with Crippen molar-refractivity contribution in [3.8, 4) is 0 Å². The van der Waals surface area contributed by atoms with Gasteiger partial charge in [0.2, 0.25) is 0 Å². The van der Waals surface area contributed by atoms with E-state index in [1.807, 2.05) is 12.1 Å². The highest BCUT2D eigenvalue weighted by Gasteiger charge is 2.26. The molecule has 0 atom stereocenters. The zero-order chi connectivity index (χ0) is 13.2. The summed E-state index contributed by atoms with van der Waals surface area (Å²) in [6, 6.07) is 8.17. The predicted molar refractivity (Wildman–Crippen MR) is 77.6 cm³/mol. The van der Waals surface area contributed by atoms with Gasteiger partial charge in [0.15, 0.2) is 0 Å². The van der Waals surface area contributed by atoms with Crippen LogP contribution in [-0.2, 0) is 11.3 Å². The van der Waals surface area contributed by atoms with Gasteiger partial charge >= 0.3 is 0 Å². The lowest BCUT2D eigenvalue weighted by molar-refractivity contribution is -0.0882. The first kappa shape index (κ1) is 13.5. The minimum absolute atomic E-state index is 0.0446. The van der Waals surface area contributed by atoms with Gasteiger partial charge in [-0.25, -0.2) is 0 Å². The van der Waals surface area contributed by atoms with Crippen molar-refractivity contribution in [3.05, 3.63) is 35.4 Å². The Kier molecular flexibility index (Phi) is 4.00. The van der Waals surface area contributed by atoms with Crippen LogP contribution in [0, 0.1) is 0 Å². The average Bonchev–Trinajstić information content (AvgIpc) is 2.28. The molecule has 0 saturated carbocycles. The molecule has 4 heteroatoms. The first-order valence-corrected chi connectivity index (χ1v) is 6.62. The molecule has 1 aromatic rings. The van der Waals surface area contributed by atoms with Crippen LogP contribution >= 0.6 is 12.2 Å². The highest BCUT2D eigenvalue weighted by Crippen LogP contribution is 2.18. The van der Waals surface area contributed by atoms with Crippen LogP contribution in [-0.4, -0.2) is 35.2 Å². The monoisotopic (exact) mass is 264 g/mol. The molecule has 18 heavy (non-hydrogen) atoms. The second kappa shape index (κ2) is 5.34. The van der Waals surface area contributed by atoms with Gasteiger partial charge in [-0.15, -0.1) is 0 Å². The van der Waals surface area contributed by atoms with Crippen LogP contribution in [0.2, 0.25) is 0 Å². The Hall–Kier alpha value is -0.970. The Bertz CT molecular complexity index is 428. The van der Waals surface area contributed by atoms with Crippen LogP contribution in [0.1, 0.15) is 25.0 Å². The molecule has 1 saturated heterocycles. The lowest BCUT2D eigenvalue weighted by Crippen LogP contribution is -2.47. The maximum absolute atomic E-state index is 5.71. The quantitative estimate of drug-likeness (QED) is 0.847. The number of ether oxygens (including phenoxy) is 1. The molecule has 1 fully saturated rings. The highest BCUT2D eigenvalue weighted by atomic mass is 32.1. The number of nitrogens with zero attached hydrogens (tertiary/aromatic N) is 1. The summed E-state index contributed by atoms with van der Waals surface area (Å²) >= 11 is 4.95. The first-order chi connectivity index (χ1) is 8.46. The smallest absolute Gasteiger partial charge is 0.103 e. The van der Waals surface area contributed by atoms with E-state index in [2.05, 4.69) is 30.9 Å². The topological polar surface area (TPSA) is 38.5 Å². The van der Waals surface area contributed by atoms with Gasteiger partial charge in [0, 0.05) is 25.2 Å². The summed E-state index contributed by atoms with van der Waals surface area (Å²) < 4.78 is 5.71. The zero-order valence-corrected chi connectivity index (χ0v) is 11.8. The lowest BCUT2D eigenvalue weighted by atomic mass is 10.1. The molecular weight excluding hydrogens is 244 g/mol. The Morgan fingerprint density at radius 2 is 2.06 bits per heavy atom. The third kappa shape index (κ3) is 3.51. The Labute approximate surface area is 114 Å². The van der Waals surface area contributed by atoms with E-state index in [1.165, 1.54) is 5.56 Å². The highest BCUT2D eigenvalue weighted by molar-refractivity contribution is 7.80. The molecule has 0 spiro atoms. The van der Waals surface area contributed by atoms with Crippen molar-refractivity contribution in [1.82, 2.24) is 4.90 Å². The molecular formula is C14H20N2OS. The van der Waals surface area contributed by atoms with Crippen LogP contribution in [0.3, 0.4) is 0 Å². The fraction of sp³-hybridized carbons (Fsp3) is 0.500. The van der Waals surface area contributed by atoms with E-state index in [9.17, 15) is 0 Å². The van der Waals surface area contributed by atoms with Crippen molar-refractivity contribution in [2.45, 2.75) is 26.0 Å². The van der Waals surface area contributed by atoms with Gasteiger partial charge in [0.25, 0.3) is 0 Å². The fourth-order valence-electron chi connectivity index (χ4n) is 2.28.